The van der Waals surface area contributed by atoms with Crippen molar-refractivity contribution in [2.75, 3.05) is 26.8 Å². The predicted octanol–water partition coefficient (Wildman–Crippen LogP) is 1.76. The van der Waals surface area contributed by atoms with Gasteiger partial charge in [-0.25, -0.2) is 4.79 Å². The molecule has 5 heteroatoms. The summed E-state index contributed by atoms with van der Waals surface area (Å²) in [5.41, 5.74) is -0.564. The number of carbonyl (C=O) groups excluding carboxylic acids is 1. The maximum absolute atomic E-state index is 12.5. The van der Waals surface area contributed by atoms with Gasteiger partial charge >= 0.3 is 6.09 Å². The van der Waals surface area contributed by atoms with Crippen LogP contribution >= 0.6 is 0 Å². The molecule has 0 aromatic carbocycles. The van der Waals surface area contributed by atoms with E-state index in [1.54, 1.807) is 7.11 Å². The Morgan fingerprint density at radius 1 is 1.47 bits per heavy atom. The number of amides is 1. The van der Waals surface area contributed by atoms with Crippen LogP contribution < -0.4 is 5.32 Å². The topological polar surface area (TPSA) is 50.8 Å². The lowest BCUT2D eigenvalue weighted by Crippen LogP contribution is -2.63. The number of methoxy groups -OCH3 is 1. The summed E-state index contributed by atoms with van der Waals surface area (Å²) in [5, 5.41) is 3.44. The molecule has 2 rings (SSSR count). The van der Waals surface area contributed by atoms with Crippen LogP contribution in [0.4, 0.5) is 4.79 Å². The molecule has 5 nitrogen and oxygen atoms in total. The number of hydrogen-bond donors (Lipinski definition) is 1. The molecule has 0 aromatic rings. The molecule has 2 unspecified atom stereocenters. The lowest BCUT2D eigenvalue weighted by molar-refractivity contribution is -0.0169. The Balaban J connectivity index is 2.14. The van der Waals surface area contributed by atoms with E-state index >= 15 is 0 Å². The maximum Gasteiger partial charge on any atom is 0.411 e. The van der Waals surface area contributed by atoms with Crippen LogP contribution in [0.15, 0.2) is 0 Å². The summed E-state index contributed by atoms with van der Waals surface area (Å²) in [7, 11) is 1.71. The highest BCUT2D eigenvalue weighted by Crippen LogP contribution is 2.39. The molecule has 2 bridgehead atoms. The van der Waals surface area contributed by atoms with Gasteiger partial charge in [-0.05, 0) is 40.0 Å². The first kappa shape index (κ1) is 14.6. The molecule has 1 N–H and O–H groups in total. The molecule has 19 heavy (non-hydrogen) atoms. The summed E-state index contributed by atoms with van der Waals surface area (Å²) in [6, 6.07) is 0.264. The molecule has 0 aromatic heterocycles. The van der Waals surface area contributed by atoms with Gasteiger partial charge in [0, 0.05) is 32.8 Å². The summed E-state index contributed by atoms with van der Waals surface area (Å²) < 4.78 is 10.8. The Morgan fingerprint density at radius 3 is 2.84 bits per heavy atom. The van der Waals surface area contributed by atoms with E-state index in [1.807, 2.05) is 25.7 Å². The average molecular weight is 270 g/mol. The minimum absolute atomic E-state index is 0.124. The monoisotopic (exact) mass is 270 g/mol. The van der Waals surface area contributed by atoms with Crippen LogP contribution in [-0.2, 0) is 9.47 Å². The summed E-state index contributed by atoms with van der Waals surface area (Å²) in [6.45, 7) is 8.12. The van der Waals surface area contributed by atoms with Crippen molar-refractivity contribution in [2.45, 2.75) is 57.2 Å². The molecule has 2 atom stereocenters. The molecular weight excluding hydrogens is 244 g/mol. The fraction of sp³-hybridized carbons (Fsp3) is 0.929. The van der Waals surface area contributed by atoms with E-state index < -0.39 is 5.60 Å². The number of piperazine rings is 1. The highest BCUT2D eigenvalue weighted by molar-refractivity contribution is 5.70. The molecule has 0 saturated carbocycles. The number of carbonyl (C=O) groups is 1. The van der Waals surface area contributed by atoms with Gasteiger partial charge in [-0.15, -0.1) is 0 Å². The molecule has 2 fully saturated rings. The molecular formula is C14H26N2O3. The fourth-order valence-electron chi connectivity index (χ4n) is 3.19. The van der Waals surface area contributed by atoms with Crippen molar-refractivity contribution in [2.24, 2.45) is 0 Å². The summed E-state index contributed by atoms with van der Waals surface area (Å²) in [5.74, 6) is 0. The van der Waals surface area contributed by atoms with Crippen molar-refractivity contribution in [3.63, 3.8) is 0 Å². The van der Waals surface area contributed by atoms with Crippen molar-refractivity contribution >= 4 is 6.09 Å². The van der Waals surface area contributed by atoms with Crippen molar-refractivity contribution in [3.8, 4) is 0 Å². The Hall–Kier alpha value is -0.810. The second kappa shape index (κ2) is 5.29. The van der Waals surface area contributed by atoms with Gasteiger partial charge in [0.15, 0.2) is 0 Å². The smallest absolute Gasteiger partial charge is 0.411 e. The molecule has 2 aliphatic heterocycles. The first-order chi connectivity index (χ1) is 8.88. The normalized spacial score (nSPS) is 30.5. The van der Waals surface area contributed by atoms with Gasteiger partial charge in [-0.3, -0.25) is 4.90 Å². The number of ether oxygens (including phenoxy) is 2. The van der Waals surface area contributed by atoms with Crippen LogP contribution in [0.3, 0.4) is 0 Å². The number of rotatable bonds is 3. The largest absolute Gasteiger partial charge is 0.444 e. The van der Waals surface area contributed by atoms with Gasteiger partial charge in [0.1, 0.15) is 5.60 Å². The lowest BCUT2D eigenvalue weighted by Gasteiger charge is -2.45. The number of nitrogens with zero attached hydrogens (tertiary/aromatic N) is 1. The Kier molecular flexibility index (Phi) is 4.06. The zero-order chi connectivity index (χ0) is 14.1. The van der Waals surface area contributed by atoms with Gasteiger partial charge in [-0.1, -0.05) is 0 Å². The Labute approximate surface area is 115 Å². The van der Waals surface area contributed by atoms with Crippen molar-refractivity contribution < 1.29 is 14.3 Å². The van der Waals surface area contributed by atoms with Crippen LogP contribution in [0.5, 0.6) is 0 Å². The van der Waals surface area contributed by atoms with E-state index in [-0.39, 0.29) is 17.7 Å². The van der Waals surface area contributed by atoms with E-state index in [0.29, 0.717) is 6.61 Å². The summed E-state index contributed by atoms with van der Waals surface area (Å²) >= 11 is 0. The first-order valence-corrected chi connectivity index (χ1v) is 7.10. The molecule has 1 amide bonds. The maximum atomic E-state index is 12.5. The molecule has 2 aliphatic rings. The fourth-order valence-corrected chi connectivity index (χ4v) is 3.19. The zero-order valence-electron chi connectivity index (χ0n) is 12.5. The molecule has 0 aliphatic carbocycles. The second-order valence-corrected chi connectivity index (χ2v) is 6.64. The highest BCUT2D eigenvalue weighted by atomic mass is 16.6. The van der Waals surface area contributed by atoms with Crippen LogP contribution in [0, 0.1) is 0 Å². The van der Waals surface area contributed by atoms with E-state index in [9.17, 15) is 4.79 Å². The van der Waals surface area contributed by atoms with E-state index in [2.05, 4.69) is 5.32 Å². The number of nitrogens with one attached hydrogen (secondary N) is 1. The third-order valence-electron chi connectivity index (χ3n) is 4.01. The minimum atomic E-state index is -0.441. The van der Waals surface area contributed by atoms with Crippen molar-refractivity contribution in [1.82, 2.24) is 10.2 Å². The molecule has 110 valence electrons. The van der Waals surface area contributed by atoms with E-state index in [4.69, 9.17) is 9.47 Å². The predicted molar refractivity (Wildman–Crippen MR) is 73.2 cm³/mol. The molecule has 0 radical (unpaired) electrons. The minimum Gasteiger partial charge on any atom is -0.444 e. The van der Waals surface area contributed by atoms with Gasteiger partial charge < -0.3 is 14.8 Å². The Morgan fingerprint density at radius 2 is 2.21 bits per heavy atom. The van der Waals surface area contributed by atoms with Crippen molar-refractivity contribution in [3.05, 3.63) is 0 Å². The van der Waals surface area contributed by atoms with Crippen LogP contribution in [0.1, 0.15) is 40.0 Å². The average Bonchev–Trinajstić information content (AvgIpc) is 2.52. The molecule has 2 heterocycles. The van der Waals surface area contributed by atoms with Crippen molar-refractivity contribution in [1.29, 1.82) is 0 Å². The van der Waals surface area contributed by atoms with E-state index in [1.165, 1.54) is 0 Å². The van der Waals surface area contributed by atoms with Gasteiger partial charge in [0.2, 0.25) is 0 Å². The quantitative estimate of drug-likeness (QED) is 0.849. The third-order valence-corrected chi connectivity index (χ3v) is 4.01. The standard InChI is InChI=1S/C14H26N2O3/c1-13(2,3)19-12(17)16-11-5-6-14(16,7-8-18-4)10-15-9-11/h11,15H,5-10H2,1-4H3. The highest BCUT2D eigenvalue weighted by Gasteiger charge is 2.52. The first-order valence-electron chi connectivity index (χ1n) is 7.10. The summed E-state index contributed by atoms with van der Waals surface area (Å²) in [6.07, 6.45) is 2.78. The van der Waals surface area contributed by atoms with Crippen LogP contribution in [-0.4, -0.2) is 55.0 Å². The van der Waals surface area contributed by atoms with Crippen LogP contribution in [0.25, 0.3) is 0 Å². The van der Waals surface area contributed by atoms with Gasteiger partial charge in [0.25, 0.3) is 0 Å². The molecule has 0 spiro atoms. The number of hydrogen-bond acceptors (Lipinski definition) is 4. The number of fused-ring (bicyclic) bond motifs is 2. The molecule has 2 saturated heterocycles. The second-order valence-electron chi connectivity index (χ2n) is 6.64. The lowest BCUT2D eigenvalue weighted by atomic mass is 9.92. The van der Waals surface area contributed by atoms with Gasteiger partial charge in [-0.2, -0.15) is 0 Å². The van der Waals surface area contributed by atoms with Crippen LogP contribution in [0.2, 0.25) is 0 Å². The summed E-state index contributed by atoms with van der Waals surface area (Å²) in [4.78, 5) is 14.5. The van der Waals surface area contributed by atoms with E-state index in [0.717, 1.165) is 32.4 Å². The Bertz CT molecular complexity index is 336. The van der Waals surface area contributed by atoms with Gasteiger partial charge in [0.05, 0.1) is 5.54 Å². The third kappa shape index (κ3) is 3.03. The SMILES string of the molecule is COCCC12CCC(CNC1)N2C(=O)OC(C)(C)C. The zero-order valence-corrected chi connectivity index (χ0v) is 12.5.